The molecule has 1 heterocycles. The van der Waals surface area contributed by atoms with Gasteiger partial charge in [0.05, 0.1) is 11.7 Å². The molecule has 1 N–H and O–H groups in total. The Labute approximate surface area is 200 Å². The van der Waals surface area contributed by atoms with E-state index in [1.807, 2.05) is 32.0 Å². The maximum atomic E-state index is 11.1. The third kappa shape index (κ3) is 5.35. The number of Topliss-reactive ketones (excluding diaryl/α,β-unsaturated/α-hetero) is 1. The Morgan fingerprint density at radius 2 is 2.15 bits per heavy atom. The standard InChI is InChI=1S/C27H30N4O3/c1-17(2)33-25-13-10-19(15-20(25)16-28)27-30-26(31-34-27)23-9-6-8-22-21(23)11-12-24(22)29-14-5-4-7-18(3)32/h6,8-10,13,15,17,24,29H,4-5,7,11-12,14H2,1-3H3/t24-/m0/s1. The highest BCUT2D eigenvalue weighted by atomic mass is 16.5. The molecule has 7 heteroatoms. The van der Waals surface area contributed by atoms with Gasteiger partial charge in [-0.1, -0.05) is 23.4 Å². The monoisotopic (exact) mass is 458 g/mol. The Morgan fingerprint density at radius 1 is 1.29 bits per heavy atom. The Bertz CT molecular complexity index is 1210. The first-order valence-electron chi connectivity index (χ1n) is 11.9. The summed E-state index contributed by atoms with van der Waals surface area (Å²) >= 11 is 0. The lowest BCUT2D eigenvalue weighted by Gasteiger charge is -2.14. The Balaban J connectivity index is 1.50. The Morgan fingerprint density at radius 3 is 2.91 bits per heavy atom. The summed E-state index contributed by atoms with van der Waals surface area (Å²) in [6, 6.07) is 14.0. The summed E-state index contributed by atoms with van der Waals surface area (Å²) in [4.78, 5) is 15.8. The Kier molecular flexibility index (Phi) is 7.39. The van der Waals surface area contributed by atoms with Crippen molar-refractivity contribution in [1.82, 2.24) is 15.5 Å². The fourth-order valence-corrected chi connectivity index (χ4v) is 4.41. The zero-order valence-corrected chi connectivity index (χ0v) is 19.9. The van der Waals surface area contributed by atoms with Gasteiger partial charge in [0.1, 0.15) is 17.6 Å². The van der Waals surface area contributed by atoms with Crippen LogP contribution in [0.25, 0.3) is 22.8 Å². The third-order valence-electron chi connectivity index (χ3n) is 5.99. The van der Waals surface area contributed by atoms with Gasteiger partial charge in [0.15, 0.2) is 0 Å². The van der Waals surface area contributed by atoms with Crippen molar-refractivity contribution >= 4 is 5.78 Å². The minimum absolute atomic E-state index is 0.0213. The number of ether oxygens (including phenoxy) is 1. The van der Waals surface area contributed by atoms with Crippen molar-refractivity contribution < 1.29 is 14.1 Å². The highest BCUT2D eigenvalue weighted by Gasteiger charge is 2.26. The molecule has 1 aliphatic carbocycles. The van der Waals surface area contributed by atoms with E-state index >= 15 is 0 Å². The fraction of sp³-hybridized carbons (Fsp3) is 0.407. The molecule has 7 nitrogen and oxygen atoms in total. The number of nitrogens with zero attached hydrogens (tertiary/aromatic N) is 3. The molecule has 0 bridgehead atoms. The van der Waals surface area contributed by atoms with Crippen molar-refractivity contribution in [3.05, 3.63) is 53.1 Å². The molecule has 3 aromatic rings. The number of carbonyl (C=O) groups excluding carboxylic acids is 1. The molecule has 0 spiro atoms. The molecule has 34 heavy (non-hydrogen) atoms. The molecule has 1 aromatic heterocycles. The van der Waals surface area contributed by atoms with Crippen molar-refractivity contribution in [2.24, 2.45) is 0 Å². The fourth-order valence-electron chi connectivity index (χ4n) is 4.41. The summed E-state index contributed by atoms with van der Waals surface area (Å²) in [5.41, 5.74) is 4.62. The number of fused-ring (bicyclic) bond motifs is 1. The first kappa shape index (κ1) is 23.7. The predicted molar refractivity (Wildman–Crippen MR) is 129 cm³/mol. The molecule has 0 fully saturated rings. The lowest BCUT2D eigenvalue weighted by molar-refractivity contribution is -0.117. The smallest absolute Gasteiger partial charge is 0.258 e. The quantitative estimate of drug-likeness (QED) is 0.406. The average Bonchev–Trinajstić information content (AvgIpc) is 3.46. The van der Waals surface area contributed by atoms with Crippen LogP contribution < -0.4 is 10.1 Å². The SMILES string of the molecule is CC(=O)CCCCN[C@H]1CCc2c(-c3noc(-c4ccc(OC(C)C)c(C#N)c4)n3)cccc21. The van der Waals surface area contributed by atoms with Gasteiger partial charge in [-0.3, -0.25) is 0 Å². The molecule has 0 radical (unpaired) electrons. The van der Waals surface area contributed by atoms with Gasteiger partial charge >= 0.3 is 0 Å². The van der Waals surface area contributed by atoms with Crippen LogP contribution in [0.2, 0.25) is 0 Å². The zero-order valence-electron chi connectivity index (χ0n) is 19.9. The molecular formula is C27H30N4O3. The van der Waals surface area contributed by atoms with Gasteiger partial charge in [-0.15, -0.1) is 0 Å². The van der Waals surface area contributed by atoms with Crippen LogP contribution in [0, 0.1) is 11.3 Å². The first-order valence-corrected chi connectivity index (χ1v) is 11.9. The number of hydrogen-bond donors (Lipinski definition) is 1. The van der Waals surface area contributed by atoms with Gasteiger partial charge in [0, 0.05) is 23.6 Å². The van der Waals surface area contributed by atoms with Gasteiger partial charge in [0.2, 0.25) is 5.82 Å². The highest BCUT2D eigenvalue weighted by Crippen LogP contribution is 2.37. The molecule has 0 amide bonds. The summed E-state index contributed by atoms with van der Waals surface area (Å²) in [6.45, 7) is 6.38. The van der Waals surface area contributed by atoms with E-state index in [0.29, 0.717) is 41.1 Å². The van der Waals surface area contributed by atoms with Crippen LogP contribution in [0.15, 0.2) is 40.9 Å². The summed E-state index contributed by atoms with van der Waals surface area (Å²) in [5.74, 6) is 1.72. The second-order valence-electron chi connectivity index (χ2n) is 8.99. The normalized spacial score (nSPS) is 14.7. The number of ketones is 1. The van der Waals surface area contributed by atoms with Crippen LogP contribution >= 0.6 is 0 Å². The second kappa shape index (κ2) is 10.6. The van der Waals surface area contributed by atoms with Crippen molar-refractivity contribution in [2.45, 2.75) is 65.0 Å². The summed E-state index contributed by atoms with van der Waals surface area (Å²) in [5, 5.41) is 17.4. The van der Waals surface area contributed by atoms with Crippen molar-refractivity contribution in [2.75, 3.05) is 6.54 Å². The minimum atomic E-state index is -0.0213. The first-order chi connectivity index (χ1) is 16.5. The maximum absolute atomic E-state index is 11.1. The largest absolute Gasteiger partial charge is 0.490 e. The number of aromatic nitrogens is 2. The van der Waals surface area contributed by atoms with Crippen LogP contribution in [-0.2, 0) is 11.2 Å². The van der Waals surface area contributed by atoms with E-state index in [1.54, 1.807) is 19.1 Å². The highest BCUT2D eigenvalue weighted by molar-refractivity contribution is 5.75. The lowest BCUT2D eigenvalue weighted by atomic mass is 10.0. The van der Waals surface area contributed by atoms with E-state index in [9.17, 15) is 10.1 Å². The summed E-state index contributed by atoms with van der Waals surface area (Å²) < 4.78 is 11.3. The average molecular weight is 459 g/mol. The molecule has 2 aromatic carbocycles. The van der Waals surface area contributed by atoms with Gasteiger partial charge < -0.3 is 19.4 Å². The number of unbranched alkanes of at least 4 members (excludes halogenated alkanes) is 1. The number of hydrogen-bond acceptors (Lipinski definition) is 7. The van der Waals surface area contributed by atoms with E-state index in [4.69, 9.17) is 9.26 Å². The molecule has 1 atom stereocenters. The molecule has 0 aliphatic heterocycles. The van der Waals surface area contributed by atoms with Crippen molar-refractivity contribution in [3.8, 4) is 34.7 Å². The molecule has 1 aliphatic rings. The zero-order chi connectivity index (χ0) is 24.1. The van der Waals surface area contributed by atoms with E-state index in [2.05, 4.69) is 27.6 Å². The van der Waals surface area contributed by atoms with Gasteiger partial charge in [0.25, 0.3) is 5.89 Å². The van der Waals surface area contributed by atoms with E-state index in [-0.39, 0.29) is 11.9 Å². The van der Waals surface area contributed by atoms with Crippen molar-refractivity contribution in [3.63, 3.8) is 0 Å². The number of benzene rings is 2. The molecule has 4 rings (SSSR count). The van der Waals surface area contributed by atoms with Crippen LogP contribution in [0.3, 0.4) is 0 Å². The van der Waals surface area contributed by atoms with E-state index in [0.717, 1.165) is 37.8 Å². The number of nitrogens with one attached hydrogen (secondary N) is 1. The lowest BCUT2D eigenvalue weighted by Crippen LogP contribution is -2.20. The maximum Gasteiger partial charge on any atom is 0.258 e. The molecule has 0 saturated heterocycles. The number of rotatable bonds is 10. The summed E-state index contributed by atoms with van der Waals surface area (Å²) in [7, 11) is 0. The van der Waals surface area contributed by atoms with Crippen LogP contribution in [0.4, 0.5) is 0 Å². The second-order valence-corrected chi connectivity index (χ2v) is 8.99. The van der Waals surface area contributed by atoms with Crippen LogP contribution in [0.5, 0.6) is 5.75 Å². The van der Waals surface area contributed by atoms with Gasteiger partial charge in [-0.05, 0) is 82.3 Å². The Hall–Kier alpha value is -3.50. The number of carbonyl (C=O) groups is 1. The van der Waals surface area contributed by atoms with E-state index in [1.165, 1.54) is 11.1 Å². The molecule has 176 valence electrons. The summed E-state index contributed by atoms with van der Waals surface area (Å²) in [6.07, 6.45) is 4.51. The number of nitriles is 1. The predicted octanol–water partition coefficient (Wildman–Crippen LogP) is 5.40. The topological polar surface area (TPSA) is 101 Å². The molecular weight excluding hydrogens is 428 g/mol. The molecule has 0 unspecified atom stereocenters. The van der Waals surface area contributed by atoms with E-state index < -0.39 is 0 Å². The molecule has 0 saturated carbocycles. The van der Waals surface area contributed by atoms with Gasteiger partial charge in [-0.2, -0.15) is 10.2 Å². The third-order valence-corrected chi connectivity index (χ3v) is 5.99. The minimum Gasteiger partial charge on any atom is -0.490 e. The van der Waals surface area contributed by atoms with Crippen molar-refractivity contribution in [1.29, 1.82) is 5.26 Å². The van der Waals surface area contributed by atoms with Crippen LogP contribution in [0.1, 0.15) is 69.2 Å². The van der Waals surface area contributed by atoms with Gasteiger partial charge in [-0.25, -0.2) is 0 Å². The van der Waals surface area contributed by atoms with Crippen LogP contribution in [-0.4, -0.2) is 28.6 Å².